The molecule has 1 aliphatic heterocycles. The SMILES string of the molecule is CC1CN(Cc2cn(C)nc2C(C)(C)C)CCN1.Cl. The molecule has 110 valence electrons. The standard InChI is InChI=1S/C14H26N4.ClH/c1-11-8-18(7-6-15-11)10-12-9-17(5)16-13(12)14(2,3)4;/h9,11,15H,6-8,10H2,1-5H3;1H. The number of piperazine rings is 1. The maximum atomic E-state index is 4.64. The molecule has 0 amide bonds. The van der Waals surface area contributed by atoms with Crippen LogP contribution in [0.25, 0.3) is 0 Å². The minimum absolute atomic E-state index is 0. The Balaban J connectivity index is 0.00000180. The van der Waals surface area contributed by atoms with E-state index in [0.29, 0.717) is 6.04 Å². The molecule has 1 saturated heterocycles. The van der Waals surface area contributed by atoms with Crippen molar-refractivity contribution in [1.29, 1.82) is 0 Å². The van der Waals surface area contributed by atoms with Gasteiger partial charge in [-0.15, -0.1) is 12.4 Å². The van der Waals surface area contributed by atoms with E-state index in [1.807, 2.05) is 11.7 Å². The van der Waals surface area contributed by atoms with E-state index in [2.05, 4.69) is 49.2 Å². The number of rotatable bonds is 2. The molecular formula is C14H27ClN4. The second-order valence-electron chi connectivity index (χ2n) is 6.52. The first kappa shape index (κ1) is 16.5. The van der Waals surface area contributed by atoms with E-state index in [1.165, 1.54) is 11.3 Å². The average Bonchev–Trinajstić information content (AvgIpc) is 2.59. The molecule has 4 nitrogen and oxygen atoms in total. The average molecular weight is 287 g/mol. The predicted molar refractivity (Wildman–Crippen MR) is 81.9 cm³/mol. The fourth-order valence-electron chi connectivity index (χ4n) is 2.68. The Bertz CT molecular complexity index is 408. The van der Waals surface area contributed by atoms with Gasteiger partial charge in [0.2, 0.25) is 0 Å². The molecule has 1 aromatic rings. The van der Waals surface area contributed by atoms with Gasteiger partial charge in [-0.25, -0.2) is 0 Å². The Labute approximate surface area is 123 Å². The largest absolute Gasteiger partial charge is 0.312 e. The van der Waals surface area contributed by atoms with Crippen LogP contribution in [0.3, 0.4) is 0 Å². The Morgan fingerprint density at radius 3 is 2.68 bits per heavy atom. The minimum atomic E-state index is 0. The summed E-state index contributed by atoms with van der Waals surface area (Å²) in [4.78, 5) is 2.52. The van der Waals surface area contributed by atoms with Crippen LogP contribution in [0, 0.1) is 0 Å². The Hall–Kier alpha value is -0.580. The lowest BCUT2D eigenvalue weighted by atomic mass is 9.89. The Morgan fingerprint density at radius 1 is 1.42 bits per heavy atom. The van der Waals surface area contributed by atoms with Crippen molar-refractivity contribution in [2.24, 2.45) is 7.05 Å². The minimum Gasteiger partial charge on any atom is -0.312 e. The molecule has 1 atom stereocenters. The fourth-order valence-corrected chi connectivity index (χ4v) is 2.68. The second-order valence-corrected chi connectivity index (χ2v) is 6.52. The molecule has 1 aromatic heterocycles. The van der Waals surface area contributed by atoms with Gasteiger partial charge in [-0.3, -0.25) is 9.58 Å². The number of halogens is 1. The molecule has 1 N–H and O–H groups in total. The molecule has 1 aliphatic rings. The van der Waals surface area contributed by atoms with Crippen LogP contribution in [-0.4, -0.2) is 40.4 Å². The molecule has 0 aromatic carbocycles. The van der Waals surface area contributed by atoms with Gasteiger partial charge >= 0.3 is 0 Å². The van der Waals surface area contributed by atoms with Gasteiger partial charge in [-0.05, 0) is 6.92 Å². The molecule has 0 radical (unpaired) electrons. The first-order valence-corrected chi connectivity index (χ1v) is 6.85. The second kappa shape index (κ2) is 6.25. The number of hydrogen-bond donors (Lipinski definition) is 1. The predicted octanol–water partition coefficient (Wildman–Crippen LogP) is 1.93. The van der Waals surface area contributed by atoms with Crippen LogP contribution in [0.2, 0.25) is 0 Å². The smallest absolute Gasteiger partial charge is 0.0722 e. The Kier molecular flexibility index (Phi) is 5.42. The van der Waals surface area contributed by atoms with E-state index in [9.17, 15) is 0 Å². The zero-order chi connectivity index (χ0) is 13.3. The molecule has 0 bridgehead atoms. The van der Waals surface area contributed by atoms with E-state index < -0.39 is 0 Å². The monoisotopic (exact) mass is 286 g/mol. The zero-order valence-corrected chi connectivity index (χ0v) is 13.5. The molecule has 0 saturated carbocycles. The lowest BCUT2D eigenvalue weighted by Crippen LogP contribution is -2.48. The van der Waals surface area contributed by atoms with Gasteiger partial charge in [-0.2, -0.15) is 5.10 Å². The van der Waals surface area contributed by atoms with Crippen molar-refractivity contribution in [2.75, 3.05) is 19.6 Å². The van der Waals surface area contributed by atoms with Crippen LogP contribution in [-0.2, 0) is 19.0 Å². The number of hydrogen-bond acceptors (Lipinski definition) is 3. The molecule has 2 heterocycles. The van der Waals surface area contributed by atoms with Crippen LogP contribution in [0.1, 0.15) is 39.0 Å². The number of aromatic nitrogens is 2. The maximum absolute atomic E-state index is 4.64. The van der Waals surface area contributed by atoms with E-state index in [1.54, 1.807) is 0 Å². The van der Waals surface area contributed by atoms with Gasteiger partial charge < -0.3 is 5.32 Å². The molecule has 19 heavy (non-hydrogen) atoms. The first-order valence-electron chi connectivity index (χ1n) is 6.85. The molecular weight excluding hydrogens is 260 g/mol. The van der Waals surface area contributed by atoms with Gasteiger partial charge in [0, 0.05) is 56.4 Å². The number of nitrogens with one attached hydrogen (secondary N) is 1. The summed E-state index contributed by atoms with van der Waals surface area (Å²) >= 11 is 0. The summed E-state index contributed by atoms with van der Waals surface area (Å²) in [7, 11) is 2.01. The number of aryl methyl sites for hydroxylation is 1. The lowest BCUT2D eigenvalue weighted by Gasteiger charge is -2.32. The summed E-state index contributed by atoms with van der Waals surface area (Å²) in [5.41, 5.74) is 2.73. The lowest BCUT2D eigenvalue weighted by molar-refractivity contribution is 0.198. The molecule has 1 unspecified atom stereocenters. The van der Waals surface area contributed by atoms with Gasteiger partial charge in [0.25, 0.3) is 0 Å². The third-order valence-electron chi connectivity index (χ3n) is 3.46. The summed E-state index contributed by atoms with van der Waals surface area (Å²) in [5.74, 6) is 0. The van der Waals surface area contributed by atoms with Gasteiger partial charge in [0.15, 0.2) is 0 Å². The summed E-state index contributed by atoms with van der Waals surface area (Å²) in [6.45, 7) is 13.3. The first-order chi connectivity index (χ1) is 8.36. The van der Waals surface area contributed by atoms with Crippen molar-refractivity contribution in [3.05, 3.63) is 17.5 Å². The Morgan fingerprint density at radius 2 is 2.11 bits per heavy atom. The quantitative estimate of drug-likeness (QED) is 0.902. The van der Waals surface area contributed by atoms with Crippen molar-refractivity contribution in [3.63, 3.8) is 0 Å². The summed E-state index contributed by atoms with van der Waals surface area (Å²) in [5, 5.41) is 8.13. The normalized spacial score (nSPS) is 21.2. The van der Waals surface area contributed by atoms with Crippen molar-refractivity contribution in [3.8, 4) is 0 Å². The highest BCUT2D eigenvalue weighted by atomic mass is 35.5. The van der Waals surface area contributed by atoms with Crippen molar-refractivity contribution in [1.82, 2.24) is 20.0 Å². The molecule has 1 fully saturated rings. The van der Waals surface area contributed by atoms with E-state index in [4.69, 9.17) is 0 Å². The van der Waals surface area contributed by atoms with Crippen LogP contribution >= 0.6 is 12.4 Å². The highest BCUT2D eigenvalue weighted by molar-refractivity contribution is 5.85. The van der Waals surface area contributed by atoms with Gasteiger partial charge in [0.1, 0.15) is 0 Å². The highest BCUT2D eigenvalue weighted by Gasteiger charge is 2.24. The summed E-state index contributed by atoms with van der Waals surface area (Å²) in [6.07, 6.45) is 2.17. The third kappa shape index (κ3) is 4.20. The summed E-state index contributed by atoms with van der Waals surface area (Å²) in [6, 6.07) is 0.591. The van der Waals surface area contributed by atoms with E-state index in [0.717, 1.165) is 26.2 Å². The highest BCUT2D eigenvalue weighted by Crippen LogP contribution is 2.25. The molecule has 0 aliphatic carbocycles. The topological polar surface area (TPSA) is 33.1 Å². The van der Waals surface area contributed by atoms with Gasteiger partial charge in [0.05, 0.1) is 5.69 Å². The fraction of sp³-hybridized carbons (Fsp3) is 0.786. The number of nitrogens with zero attached hydrogens (tertiary/aromatic N) is 3. The van der Waals surface area contributed by atoms with Crippen LogP contribution in [0.15, 0.2) is 6.20 Å². The van der Waals surface area contributed by atoms with Crippen LogP contribution < -0.4 is 5.32 Å². The van der Waals surface area contributed by atoms with Gasteiger partial charge in [-0.1, -0.05) is 20.8 Å². The van der Waals surface area contributed by atoms with Crippen LogP contribution in [0.5, 0.6) is 0 Å². The van der Waals surface area contributed by atoms with Crippen molar-refractivity contribution < 1.29 is 0 Å². The van der Waals surface area contributed by atoms with Crippen LogP contribution in [0.4, 0.5) is 0 Å². The van der Waals surface area contributed by atoms with E-state index >= 15 is 0 Å². The molecule has 2 rings (SSSR count). The maximum Gasteiger partial charge on any atom is 0.0722 e. The van der Waals surface area contributed by atoms with E-state index in [-0.39, 0.29) is 17.8 Å². The van der Waals surface area contributed by atoms with Crippen molar-refractivity contribution in [2.45, 2.75) is 45.7 Å². The zero-order valence-electron chi connectivity index (χ0n) is 12.7. The summed E-state index contributed by atoms with van der Waals surface area (Å²) < 4.78 is 1.95. The molecule has 0 spiro atoms. The third-order valence-corrected chi connectivity index (χ3v) is 3.46. The van der Waals surface area contributed by atoms with Crippen molar-refractivity contribution >= 4 is 12.4 Å². The molecule has 5 heteroatoms.